The third kappa shape index (κ3) is 5.53. The van der Waals surface area contributed by atoms with Crippen molar-refractivity contribution in [3.63, 3.8) is 0 Å². The molecule has 2 amide bonds. The van der Waals surface area contributed by atoms with Gasteiger partial charge in [0.25, 0.3) is 0 Å². The van der Waals surface area contributed by atoms with Crippen LogP contribution in [-0.4, -0.2) is 25.5 Å². The van der Waals surface area contributed by atoms with Crippen molar-refractivity contribution in [3.8, 4) is 11.5 Å². The number of nitrogens with one attached hydrogen (secondary N) is 2. The molecule has 0 saturated heterocycles. The third-order valence-corrected chi connectivity index (χ3v) is 3.34. The minimum atomic E-state index is -0.401. The zero-order valence-corrected chi connectivity index (χ0v) is 14.7. The number of carbonyl (C=O) groups is 1. The number of hydrogen-bond donors (Lipinski definition) is 2. The van der Waals surface area contributed by atoms with E-state index in [0.717, 1.165) is 16.8 Å². The number of benzene rings is 2. The van der Waals surface area contributed by atoms with E-state index in [1.54, 1.807) is 6.21 Å². The number of carbonyl (C=O) groups excluding carboxylic acids is 1. The Morgan fingerprint density at radius 3 is 2.52 bits per heavy atom. The van der Waals surface area contributed by atoms with Crippen LogP contribution in [0.4, 0.5) is 10.5 Å². The van der Waals surface area contributed by atoms with Crippen molar-refractivity contribution in [1.82, 2.24) is 5.43 Å². The highest BCUT2D eigenvalue weighted by molar-refractivity contribution is 5.91. The molecule has 0 aliphatic heterocycles. The van der Waals surface area contributed by atoms with E-state index < -0.39 is 6.03 Å². The van der Waals surface area contributed by atoms with Crippen LogP contribution in [0.25, 0.3) is 0 Å². The first kappa shape index (κ1) is 18.3. The van der Waals surface area contributed by atoms with Crippen molar-refractivity contribution in [3.05, 3.63) is 53.6 Å². The van der Waals surface area contributed by atoms with Crippen LogP contribution in [-0.2, 0) is 0 Å². The van der Waals surface area contributed by atoms with Gasteiger partial charge >= 0.3 is 6.03 Å². The molecular formula is C19H23N3O3. The number of urea groups is 1. The summed E-state index contributed by atoms with van der Waals surface area (Å²) in [6.45, 7) is 6.86. The van der Waals surface area contributed by atoms with Crippen molar-refractivity contribution >= 4 is 17.9 Å². The Bertz CT molecular complexity index is 744. The fourth-order valence-corrected chi connectivity index (χ4v) is 2.18. The fraction of sp³-hybridized carbons (Fsp3) is 0.263. The molecule has 2 aromatic carbocycles. The first-order valence-corrected chi connectivity index (χ1v) is 8.19. The van der Waals surface area contributed by atoms with Crippen LogP contribution in [0.1, 0.15) is 25.0 Å². The summed E-state index contributed by atoms with van der Waals surface area (Å²) in [6.07, 6.45) is 1.55. The monoisotopic (exact) mass is 341 g/mol. The summed E-state index contributed by atoms with van der Waals surface area (Å²) in [5.41, 5.74) is 4.97. The molecule has 0 aromatic heterocycles. The lowest BCUT2D eigenvalue weighted by Gasteiger charge is -2.11. The van der Waals surface area contributed by atoms with E-state index in [9.17, 15) is 4.79 Å². The van der Waals surface area contributed by atoms with Crippen LogP contribution >= 0.6 is 0 Å². The van der Waals surface area contributed by atoms with E-state index >= 15 is 0 Å². The molecular weight excluding hydrogens is 318 g/mol. The number of para-hydroxylation sites is 1. The number of amides is 2. The van der Waals surface area contributed by atoms with Crippen molar-refractivity contribution in [2.75, 3.05) is 18.5 Å². The molecule has 0 aliphatic rings. The standard InChI is InChI=1S/C19H23N3O3/c1-4-24-17-11-10-15(12-18(17)25-5-2)13-20-22-19(23)21-16-9-7-6-8-14(16)3/h6-13H,4-5H2,1-3H3,(H2,21,22,23). The molecule has 0 fully saturated rings. The van der Waals surface area contributed by atoms with E-state index in [0.29, 0.717) is 24.7 Å². The Kier molecular flexibility index (Phi) is 6.83. The molecule has 25 heavy (non-hydrogen) atoms. The van der Waals surface area contributed by atoms with Gasteiger partial charge in [0.2, 0.25) is 0 Å². The summed E-state index contributed by atoms with van der Waals surface area (Å²) < 4.78 is 11.1. The van der Waals surface area contributed by atoms with Crippen molar-refractivity contribution in [1.29, 1.82) is 0 Å². The second kappa shape index (κ2) is 9.32. The number of hydrogen-bond acceptors (Lipinski definition) is 4. The molecule has 6 nitrogen and oxygen atoms in total. The molecule has 132 valence electrons. The molecule has 0 heterocycles. The highest BCUT2D eigenvalue weighted by Gasteiger charge is 2.05. The van der Waals surface area contributed by atoms with Crippen LogP contribution < -0.4 is 20.2 Å². The predicted octanol–water partition coefficient (Wildman–Crippen LogP) is 3.95. The summed E-state index contributed by atoms with van der Waals surface area (Å²) in [5, 5.41) is 6.71. The zero-order chi connectivity index (χ0) is 18.1. The predicted molar refractivity (Wildman–Crippen MR) is 99.7 cm³/mol. The van der Waals surface area contributed by atoms with Crippen molar-refractivity contribution < 1.29 is 14.3 Å². The SMILES string of the molecule is CCOc1ccc(C=NNC(=O)Nc2ccccc2C)cc1OCC. The first-order chi connectivity index (χ1) is 12.1. The molecule has 0 radical (unpaired) electrons. The van der Waals surface area contributed by atoms with E-state index in [-0.39, 0.29) is 0 Å². The van der Waals surface area contributed by atoms with Crippen LogP contribution in [0.3, 0.4) is 0 Å². The van der Waals surface area contributed by atoms with Gasteiger partial charge in [-0.1, -0.05) is 18.2 Å². The van der Waals surface area contributed by atoms with Gasteiger partial charge in [0.1, 0.15) is 0 Å². The Morgan fingerprint density at radius 1 is 1.08 bits per heavy atom. The topological polar surface area (TPSA) is 72.0 Å². The quantitative estimate of drug-likeness (QED) is 0.592. The molecule has 0 unspecified atom stereocenters. The van der Waals surface area contributed by atoms with Crippen molar-refractivity contribution in [2.24, 2.45) is 5.10 Å². The van der Waals surface area contributed by atoms with E-state index in [2.05, 4.69) is 15.8 Å². The van der Waals surface area contributed by atoms with Gasteiger partial charge in [-0.3, -0.25) is 0 Å². The van der Waals surface area contributed by atoms with E-state index in [1.165, 1.54) is 0 Å². The molecule has 0 aliphatic carbocycles. The number of nitrogens with zero attached hydrogens (tertiary/aromatic N) is 1. The summed E-state index contributed by atoms with van der Waals surface area (Å²) >= 11 is 0. The highest BCUT2D eigenvalue weighted by Crippen LogP contribution is 2.27. The summed E-state index contributed by atoms with van der Waals surface area (Å²) in [6, 6.07) is 12.6. The summed E-state index contributed by atoms with van der Waals surface area (Å²) in [4.78, 5) is 11.9. The molecule has 6 heteroatoms. The average molecular weight is 341 g/mol. The molecule has 2 aromatic rings. The van der Waals surface area contributed by atoms with Gasteiger partial charge in [0, 0.05) is 5.69 Å². The Hall–Kier alpha value is -3.02. The lowest BCUT2D eigenvalue weighted by Crippen LogP contribution is -2.24. The summed E-state index contributed by atoms with van der Waals surface area (Å²) in [5.74, 6) is 1.34. The zero-order valence-electron chi connectivity index (χ0n) is 14.7. The number of anilines is 1. The van der Waals surface area contributed by atoms with E-state index in [1.807, 2.05) is 63.2 Å². The van der Waals surface area contributed by atoms with Gasteiger partial charge in [-0.15, -0.1) is 0 Å². The smallest absolute Gasteiger partial charge is 0.339 e. The van der Waals surface area contributed by atoms with Crippen LogP contribution in [0.2, 0.25) is 0 Å². The van der Waals surface area contributed by atoms with Gasteiger partial charge in [0.15, 0.2) is 11.5 Å². The normalized spacial score (nSPS) is 10.5. The number of rotatable bonds is 7. The number of ether oxygens (including phenoxy) is 2. The van der Waals surface area contributed by atoms with Gasteiger partial charge in [-0.25, -0.2) is 10.2 Å². The molecule has 0 saturated carbocycles. The number of hydrazone groups is 1. The van der Waals surface area contributed by atoms with Gasteiger partial charge in [-0.05, 0) is 56.2 Å². The van der Waals surface area contributed by atoms with Crippen molar-refractivity contribution in [2.45, 2.75) is 20.8 Å². The summed E-state index contributed by atoms with van der Waals surface area (Å²) in [7, 11) is 0. The lowest BCUT2D eigenvalue weighted by molar-refractivity contribution is 0.252. The Balaban J connectivity index is 1.98. The second-order valence-electron chi connectivity index (χ2n) is 5.21. The molecule has 2 rings (SSSR count). The average Bonchev–Trinajstić information content (AvgIpc) is 2.59. The van der Waals surface area contributed by atoms with Gasteiger partial charge < -0.3 is 14.8 Å². The van der Waals surface area contributed by atoms with E-state index in [4.69, 9.17) is 9.47 Å². The van der Waals surface area contributed by atoms with Gasteiger partial charge in [0.05, 0.1) is 19.4 Å². The Morgan fingerprint density at radius 2 is 1.80 bits per heavy atom. The lowest BCUT2D eigenvalue weighted by atomic mass is 10.2. The van der Waals surface area contributed by atoms with Crippen LogP contribution in [0.15, 0.2) is 47.6 Å². The Labute approximate surface area is 147 Å². The highest BCUT2D eigenvalue weighted by atomic mass is 16.5. The minimum absolute atomic E-state index is 0.401. The maximum absolute atomic E-state index is 11.9. The fourth-order valence-electron chi connectivity index (χ4n) is 2.18. The maximum atomic E-state index is 11.9. The third-order valence-electron chi connectivity index (χ3n) is 3.34. The molecule has 0 spiro atoms. The van der Waals surface area contributed by atoms with Gasteiger partial charge in [-0.2, -0.15) is 5.10 Å². The van der Waals surface area contributed by atoms with Crippen LogP contribution in [0, 0.1) is 6.92 Å². The van der Waals surface area contributed by atoms with Crippen LogP contribution in [0.5, 0.6) is 11.5 Å². The molecule has 0 atom stereocenters. The molecule has 0 bridgehead atoms. The maximum Gasteiger partial charge on any atom is 0.339 e. The largest absolute Gasteiger partial charge is 0.490 e. The second-order valence-corrected chi connectivity index (χ2v) is 5.21. The molecule has 2 N–H and O–H groups in total. The minimum Gasteiger partial charge on any atom is -0.490 e. The first-order valence-electron chi connectivity index (χ1n) is 8.19. The number of aryl methyl sites for hydroxylation is 1.